The molecule has 0 amide bonds. The van der Waals surface area contributed by atoms with E-state index in [0.717, 1.165) is 3.57 Å². The average molecular weight is 340 g/mol. The van der Waals surface area contributed by atoms with E-state index in [1.807, 2.05) is 22.6 Å². The van der Waals surface area contributed by atoms with Gasteiger partial charge < -0.3 is 5.11 Å². The molecular weight excluding hydrogens is 329 g/mol. The van der Waals surface area contributed by atoms with E-state index in [1.165, 1.54) is 12.1 Å². The Morgan fingerprint density at radius 2 is 1.88 bits per heavy atom. The quantitative estimate of drug-likeness (QED) is 0.831. The minimum Gasteiger partial charge on any atom is -0.481 e. The highest BCUT2D eigenvalue weighted by molar-refractivity contribution is 14.1. The first-order valence-corrected chi connectivity index (χ1v) is 5.85. The van der Waals surface area contributed by atoms with E-state index in [2.05, 4.69) is 0 Å². The predicted octanol–water partition coefficient (Wildman–Crippen LogP) is 3.64. The first-order valence-electron chi connectivity index (χ1n) is 4.77. The Bertz CT molecular complexity index is 363. The summed E-state index contributed by atoms with van der Waals surface area (Å²) in [6, 6.07) is 5.98. The van der Waals surface area contributed by atoms with E-state index in [9.17, 15) is 13.6 Å². The fourth-order valence-corrected chi connectivity index (χ4v) is 1.66. The van der Waals surface area contributed by atoms with E-state index in [-0.39, 0.29) is 18.4 Å². The maximum atomic E-state index is 13.5. The molecule has 1 aromatic rings. The predicted molar refractivity (Wildman–Crippen MR) is 64.5 cm³/mol. The zero-order valence-electron chi connectivity index (χ0n) is 8.42. The molecule has 88 valence electrons. The molecule has 0 atom stereocenters. The standard InChI is InChI=1S/C11H11F2IO2/c12-11(13,7-1-2-10(15)16)8-3-5-9(14)6-4-8/h3-6H,1-2,7H2,(H,15,16). The number of carbonyl (C=O) groups is 1. The van der Waals surface area contributed by atoms with Gasteiger partial charge in [0.15, 0.2) is 0 Å². The molecular formula is C11H11F2IO2. The number of alkyl halides is 2. The first kappa shape index (κ1) is 13.3. The Morgan fingerprint density at radius 3 is 2.38 bits per heavy atom. The van der Waals surface area contributed by atoms with Crippen LogP contribution in [0.15, 0.2) is 24.3 Å². The second-order valence-electron chi connectivity index (χ2n) is 3.46. The zero-order valence-corrected chi connectivity index (χ0v) is 10.6. The molecule has 0 radical (unpaired) electrons. The van der Waals surface area contributed by atoms with Crippen LogP contribution in [0.1, 0.15) is 24.8 Å². The molecule has 2 nitrogen and oxygen atoms in total. The van der Waals surface area contributed by atoms with Gasteiger partial charge in [-0.05, 0) is 41.1 Å². The summed E-state index contributed by atoms with van der Waals surface area (Å²) in [5.74, 6) is -3.99. The van der Waals surface area contributed by atoms with Crippen LogP contribution in [0.4, 0.5) is 8.78 Å². The second kappa shape index (κ2) is 5.56. The fraction of sp³-hybridized carbons (Fsp3) is 0.364. The maximum absolute atomic E-state index is 13.5. The fourth-order valence-electron chi connectivity index (χ4n) is 1.30. The van der Waals surface area contributed by atoms with E-state index in [4.69, 9.17) is 5.11 Å². The highest BCUT2D eigenvalue weighted by Gasteiger charge is 2.30. The number of rotatable bonds is 5. The summed E-state index contributed by atoms with van der Waals surface area (Å²) >= 11 is 2.04. The molecule has 0 aliphatic carbocycles. The molecule has 0 heterocycles. The molecule has 0 aliphatic heterocycles. The Kier molecular flexibility index (Phi) is 4.64. The molecule has 0 unspecified atom stereocenters. The summed E-state index contributed by atoms with van der Waals surface area (Å²) < 4.78 is 28.0. The van der Waals surface area contributed by atoms with Crippen molar-refractivity contribution in [3.05, 3.63) is 33.4 Å². The summed E-state index contributed by atoms with van der Waals surface area (Å²) in [4.78, 5) is 10.2. The zero-order chi connectivity index (χ0) is 12.2. The van der Waals surface area contributed by atoms with Crippen LogP contribution in [0.25, 0.3) is 0 Å². The van der Waals surface area contributed by atoms with Gasteiger partial charge in [0.2, 0.25) is 0 Å². The molecule has 0 saturated heterocycles. The van der Waals surface area contributed by atoms with Gasteiger partial charge in [0.05, 0.1) is 0 Å². The van der Waals surface area contributed by atoms with Crippen molar-refractivity contribution in [3.8, 4) is 0 Å². The summed E-state index contributed by atoms with van der Waals surface area (Å²) in [5.41, 5.74) is -0.0571. The van der Waals surface area contributed by atoms with Crippen molar-refractivity contribution < 1.29 is 18.7 Å². The number of aliphatic carboxylic acids is 1. The minimum absolute atomic E-state index is 0.0195. The molecule has 1 N–H and O–H groups in total. The lowest BCUT2D eigenvalue weighted by Crippen LogP contribution is -2.13. The van der Waals surface area contributed by atoms with Crippen molar-refractivity contribution in [2.45, 2.75) is 25.2 Å². The normalized spacial score (nSPS) is 11.4. The number of hydrogen-bond donors (Lipinski definition) is 1. The number of benzene rings is 1. The number of carboxylic acids is 1. The van der Waals surface area contributed by atoms with Crippen molar-refractivity contribution in [2.75, 3.05) is 0 Å². The van der Waals surface area contributed by atoms with Crippen LogP contribution in [0.3, 0.4) is 0 Å². The van der Waals surface area contributed by atoms with Crippen LogP contribution in [-0.2, 0) is 10.7 Å². The van der Waals surface area contributed by atoms with Crippen molar-refractivity contribution in [1.29, 1.82) is 0 Å². The summed E-state index contributed by atoms with van der Waals surface area (Å²) in [7, 11) is 0. The average Bonchev–Trinajstić information content (AvgIpc) is 2.17. The van der Waals surface area contributed by atoms with Crippen molar-refractivity contribution in [1.82, 2.24) is 0 Å². The SMILES string of the molecule is O=C(O)CCCC(F)(F)c1ccc(I)cc1. The topological polar surface area (TPSA) is 37.3 Å². The third-order valence-corrected chi connectivity index (χ3v) is 2.87. The van der Waals surface area contributed by atoms with Crippen LogP contribution in [0, 0.1) is 3.57 Å². The summed E-state index contributed by atoms with van der Waals surface area (Å²) in [6.45, 7) is 0. The summed E-state index contributed by atoms with van der Waals surface area (Å²) in [6.07, 6.45) is -0.672. The van der Waals surface area contributed by atoms with Gasteiger partial charge in [-0.2, -0.15) is 0 Å². The van der Waals surface area contributed by atoms with E-state index in [0.29, 0.717) is 0 Å². The molecule has 16 heavy (non-hydrogen) atoms. The van der Waals surface area contributed by atoms with Crippen molar-refractivity contribution >= 4 is 28.6 Å². The summed E-state index contributed by atoms with van der Waals surface area (Å²) in [5, 5.41) is 8.37. The Balaban J connectivity index is 2.62. The number of carboxylic acid groups (broad SMARTS) is 1. The van der Waals surface area contributed by atoms with Gasteiger partial charge in [-0.15, -0.1) is 0 Å². The van der Waals surface area contributed by atoms with Gasteiger partial charge in [-0.1, -0.05) is 12.1 Å². The Morgan fingerprint density at radius 1 is 1.31 bits per heavy atom. The molecule has 0 spiro atoms. The molecule has 5 heteroatoms. The van der Waals surface area contributed by atoms with E-state index in [1.54, 1.807) is 12.1 Å². The monoisotopic (exact) mass is 340 g/mol. The van der Waals surface area contributed by atoms with Gasteiger partial charge in [0.25, 0.3) is 5.92 Å². The van der Waals surface area contributed by atoms with Crippen LogP contribution in [0.2, 0.25) is 0 Å². The van der Waals surface area contributed by atoms with E-state index < -0.39 is 18.3 Å². The number of hydrogen-bond acceptors (Lipinski definition) is 1. The molecule has 0 bridgehead atoms. The third kappa shape index (κ3) is 4.03. The lowest BCUT2D eigenvalue weighted by atomic mass is 10.0. The van der Waals surface area contributed by atoms with Crippen molar-refractivity contribution in [3.63, 3.8) is 0 Å². The van der Waals surface area contributed by atoms with Crippen LogP contribution in [0.5, 0.6) is 0 Å². The molecule has 0 aliphatic rings. The number of halogens is 3. The highest BCUT2D eigenvalue weighted by Crippen LogP contribution is 2.33. The molecule has 0 aromatic heterocycles. The van der Waals surface area contributed by atoms with E-state index >= 15 is 0 Å². The van der Waals surface area contributed by atoms with Gasteiger partial charge in [-0.25, -0.2) is 8.78 Å². The molecule has 0 saturated carbocycles. The highest BCUT2D eigenvalue weighted by atomic mass is 127. The van der Waals surface area contributed by atoms with Gasteiger partial charge in [-0.3, -0.25) is 4.79 Å². The molecule has 1 aromatic carbocycles. The lowest BCUT2D eigenvalue weighted by molar-refractivity contribution is -0.137. The smallest absolute Gasteiger partial charge is 0.303 e. The van der Waals surface area contributed by atoms with Crippen LogP contribution >= 0.6 is 22.6 Å². The van der Waals surface area contributed by atoms with Gasteiger partial charge in [0, 0.05) is 22.0 Å². The van der Waals surface area contributed by atoms with Crippen molar-refractivity contribution in [2.24, 2.45) is 0 Å². The van der Waals surface area contributed by atoms with Gasteiger partial charge >= 0.3 is 5.97 Å². The largest absolute Gasteiger partial charge is 0.481 e. The first-order chi connectivity index (χ1) is 7.42. The van der Waals surface area contributed by atoms with Crippen LogP contribution < -0.4 is 0 Å². The Labute approximate surface area is 106 Å². The minimum atomic E-state index is -2.94. The second-order valence-corrected chi connectivity index (χ2v) is 4.70. The van der Waals surface area contributed by atoms with Gasteiger partial charge in [0.1, 0.15) is 0 Å². The van der Waals surface area contributed by atoms with Crippen LogP contribution in [-0.4, -0.2) is 11.1 Å². The molecule has 0 fully saturated rings. The Hall–Kier alpha value is -0.720. The molecule has 1 rings (SSSR count). The lowest BCUT2D eigenvalue weighted by Gasteiger charge is -2.16. The maximum Gasteiger partial charge on any atom is 0.303 e. The third-order valence-electron chi connectivity index (χ3n) is 2.15.